The standard InChI is InChI=1S/C11H16F2N2O/c12-9(13)7-15-10(16)11(8-14)5-3-1-2-4-6-11/h9H,1-7H2,(H,15,16). The van der Waals surface area contributed by atoms with E-state index in [2.05, 4.69) is 5.32 Å². The molecule has 0 radical (unpaired) electrons. The molecule has 16 heavy (non-hydrogen) atoms. The largest absolute Gasteiger partial charge is 0.349 e. The van der Waals surface area contributed by atoms with E-state index in [0.29, 0.717) is 12.8 Å². The number of alkyl halides is 2. The van der Waals surface area contributed by atoms with Crippen LogP contribution in [0.2, 0.25) is 0 Å². The molecule has 0 aromatic heterocycles. The molecule has 1 N–H and O–H groups in total. The summed E-state index contributed by atoms with van der Waals surface area (Å²) >= 11 is 0. The molecular formula is C11H16F2N2O. The van der Waals surface area contributed by atoms with Gasteiger partial charge in [-0.1, -0.05) is 25.7 Å². The van der Waals surface area contributed by atoms with Crippen molar-refractivity contribution in [1.29, 1.82) is 5.26 Å². The van der Waals surface area contributed by atoms with E-state index >= 15 is 0 Å². The first-order valence-electron chi connectivity index (χ1n) is 5.58. The van der Waals surface area contributed by atoms with Gasteiger partial charge in [-0.2, -0.15) is 5.26 Å². The highest BCUT2D eigenvalue weighted by Gasteiger charge is 2.38. The van der Waals surface area contributed by atoms with Crippen molar-refractivity contribution < 1.29 is 13.6 Å². The lowest BCUT2D eigenvalue weighted by Crippen LogP contribution is -2.41. The van der Waals surface area contributed by atoms with E-state index < -0.39 is 24.3 Å². The molecule has 1 aliphatic carbocycles. The first-order chi connectivity index (χ1) is 7.60. The van der Waals surface area contributed by atoms with Crippen molar-refractivity contribution in [2.75, 3.05) is 6.54 Å². The Morgan fingerprint density at radius 3 is 2.31 bits per heavy atom. The topological polar surface area (TPSA) is 52.9 Å². The molecule has 0 aromatic rings. The predicted molar refractivity (Wildman–Crippen MR) is 54.8 cm³/mol. The minimum Gasteiger partial charge on any atom is -0.349 e. The number of hydrogen-bond donors (Lipinski definition) is 1. The molecule has 1 saturated carbocycles. The summed E-state index contributed by atoms with van der Waals surface area (Å²) in [5.74, 6) is -0.530. The molecule has 0 aliphatic heterocycles. The summed E-state index contributed by atoms with van der Waals surface area (Å²) in [6.07, 6.45) is 2.05. The average Bonchev–Trinajstić information content (AvgIpc) is 2.51. The normalized spacial score (nSPS) is 19.9. The fourth-order valence-electron chi connectivity index (χ4n) is 2.06. The zero-order chi connectivity index (χ0) is 12.0. The van der Waals surface area contributed by atoms with Gasteiger partial charge in [0.25, 0.3) is 6.43 Å². The van der Waals surface area contributed by atoms with Crippen molar-refractivity contribution in [3.05, 3.63) is 0 Å². The minimum absolute atomic E-state index is 0.485. The molecule has 0 atom stereocenters. The summed E-state index contributed by atoms with van der Waals surface area (Å²) < 4.78 is 23.9. The Kier molecular flexibility index (Phi) is 4.66. The number of nitriles is 1. The number of carbonyl (C=O) groups excluding carboxylic acids is 1. The second-order valence-electron chi connectivity index (χ2n) is 4.21. The van der Waals surface area contributed by atoms with Gasteiger partial charge < -0.3 is 5.32 Å². The molecule has 0 saturated heterocycles. The molecule has 0 aromatic carbocycles. The van der Waals surface area contributed by atoms with E-state index in [4.69, 9.17) is 5.26 Å². The maximum Gasteiger partial charge on any atom is 0.255 e. The van der Waals surface area contributed by atoms with Crippen LogP contribution in [0.1, 0.15) is 38.5 Å². The van der Waals surface area contributed by atoms with E-state index in [-0.39, 0.29) is 0 Å². The van der Waals surface area contributed by atoms with E-state index in [9.17, 15) is 13.6 Å². The number of nitrogens with zero attached hydrogens (tertiary/aromatic N) is 1. The highest BCUT2D eigenvalue weighted by Crippen LogP contribution is 2.34. The summed E-state index contributed by atoms with van der Waals surface area (Å²) in [5.41, 5.74) is -1.08. The number of nitrogens with one attached hydrogen (secondary N) is 1. The Labute approximate surface area is 93.8 Å². The van der Waals surface area contributed by atoms with Crippen molar-refractivity contribution >= 4 is 5.91 Å². The van der Waals surface area contributed by atoms with E-state index in [1.54, 1.807) is 0 Å². The monoisotopic (exact) mass is 230 g/mol. The highest BCUT2D eigenvalue weighted by molar-refractivity contribution is 5.85. The van der Waals surface area contributed by atoms with Crippen LogP contribution in [0.5, 0.6) is 0 Å². The third-order valence-electron chi connectivity index (χ3n) is 3.02. The molecule has 90 valence electrons. The van der Waals surface area contributed by atoms with Crippen LogP contribution in [-0.4, -0.2) is 18.9 Å². The number of carbonyl (C=O) groups is 1. The first-order valence-corrected chi connectivity index (χ1v) is 5.58. The van der Waals surface area contributed by atoms with Crippen LogP contribution < -0.4 is 5.32 Å². The predicted octanol–water partition coefficient (Wildman–Crippen LogP) is 2.23. The van der Waals surface area contributed by atoms with Crippen LogP contribution >= 0.6 is 0 Å². The summed E-state index contributed by atoms with van der Waals surface area (Å²) in [6, 6.07) is 2.02. The summed E-state index contributed by atoms with van der Waals surface area (Å²) in [4.78, 5) is 11.7. The smallest absolute Gasteiger partial charge is 0.255 e. The number of halogens is 2. The Bertz CT molecular complexity index is 278. The Balaban J connectivity index is 2.63. The van der Waals surface area contributed by atoms with Gasteiger partial charge in [0.1, 0.15) is 5.41 Å². The van der Waals surface area contributed by atoms with Gasteiger partial charge in [0.2, 0.25) is 5.91 Å². The maximum absolute atomic E-state index is 12.0. The lowest BCUT2D eigenvalue weighted by Gasteiger charge is -2.23. The van der Waals surface area contributed by atoms with E-state index in [0.717, 1.165) is 25.7 Å². The quantitative estimate of drug-likeness (QED) is 0.756. The first kappa shape index (κ1) is 12.9. The molecule has 1 aliphatic rings. The lowest BCUT2D eigenvalue weighted by molar-refractivity contribution is -0.129. The molecule has 5 heteroatoms. The second-order valence-corrected chi connectivity index (χ2v) is 4.21. The van der Waals surface area contributed by atoms with Crippen LogP contribution in [0.4, 0.5) is 8.78 Å². The third-order valence-corrected chi connectivity index (χ3v) is 3.02. The van der Waals surface area contributed by atoms with E-state index in [1.165, 1.54) is 0 Å². The van der Waals surface area contributed by atoms with Gasteiger partial charge in [0.05, 0.1) is 12.6 Å². The molecule has 0 heterocycles. The minimum atomic E-state index is -2.56. The second kappa shape index (κ2) is 5.78. The number of rotatable bonds is 3. The average molecular weight is 230 g/mol. The molecule has 1 rings (SSSR count). The SMILES string of the molecule is N#CC1(C(=O)NCC(F)F)CCCCCC1. The summed E-state index contributed by atoms with van der Waals surface area (Å²) in [5, 5.41) is 11.3. The molecule has 0 unspecified atom stereocenters. The van der Waals surface area contributed by atoms with Crippen molar-refractivity contribution in [3.8, 4) is 6.07 Å². The maximum atomic E-state index is 12.0. The van der Waals surface area contributed by atoms with Crippen LogP contribution in [0.3, 0.4) is 0 Å². The fourth-order valence-corrected chi connectivity index (χ4v) is 2.06. The Hall–Kier alpha value is -1.18. The van der Waals surface area contributed by atoms with Crippen LogP contribution in [0.15, 0.2) is 0 Å². The third kappa shape index (κ3) is 3.16. The van der Waals surface area contributed by atoms with Gasteiger partial charge in [-0.3, -0.25) is 4.79 Å². The van der Waals surface area contributed by atoms with Gasteiger partial charge in [0.15, 0.2) is 0 Å². The summed E-state index contributed by atoms with van der Waals surface area (Å²) in [7, 11) is 0. The van der Waals surface area contributed by atoms with Gasteiger partial charge >= 0.3 is 0 Å². The van der Waals surface area contributed by atoms with Crippen molar-refractivity contribution in [2.45, 2.75) is 45.0 Å². The number of amides is 1. The fraction of sp³-hybridized carbons (Fsp3) is 0.818. The van der Waals surface area contributed by atoms with Crippen molar-refractivity contribution in [3.63, 3.8) is 0 Å². The van der Waals surface area contributed by atoms with Crippen molar-refractivity contribution in [1.82, 2.24) is 5.32 Å². The van der Waals surface area contributed by atoms with Crippen LogP contribution in [0, 0.1) is 16.7 Å². The van der Waals surface area contributed by atoms with Gasteiger partial charge in [0, 0.05) is 0 Å². The van der Waals surface area contributed by atoms with Gasteiger partial charge in [-0.15, -0.1) is 0 Å². The van der Waals surface area contributed by atoms with Crippen LogP contribution in [-0.2, 0) is 4.79 Å². The Morgan fingerprint density at radius 1 is 1.31 bits per heavy atom. The molecule has 0 bridgehead atoms. The van der Waals surface area contributed by atoms with E-state index in [1.807, 2.05) is 6.07 Å². The van der Waals surface area contributed by atoms with Gasteiger partial charge in [-0.05, 0) is 12.8 Å². The lowest BCUT2D eigenvalue weighted by atomic mass is 9.81. The molecule has 0 spiro atoms. The number of hydrogen-bond acceptors (Lipinski definition) is 2. The van der Waals surface area contributed by atoms with Crippen LogP contribution in [0.25, 0.3) is 0 Å². The molecular weight excluding hydrogens is 214 g/mol. The zero-order valence-electron chi connectivity index (χ0n) is 9.14. The molecule has 1 fully saturated rings. The highest BCUT2D eigenvalue weighted by atomic mass is 19.3. The van der Waals surface area contributed by atoms with Gasteiger partial charge in [-0.25, -0.2) is 8.78 Å². The molecule has 1 amide bonds. The summed E-state index contributed by atoms with van der Waals surface area (Å²) in [6.45, 7) is -0.664. The molecule has 3 nitrogen and oxygen atoms in total. The van der Waals surface area contributed by atoms with Crippen molar-refractivity contribution in [2.24, 2.45) is 5.41 Å². The Morgan fingerprint density at radius 2 is 1.88 bits per heavy atom. The zero-order valence-corrected chi connectivity index (χ0v) is 9.14.